The normalized spacial score (nSPS) is 14.3. The van der Waals surface area contributed by atoms with Gasteiger partial charge in [-0.15, -0.1) is 0 Å². The van der Waals surface area contributed by atoms with E-state index in [0.717, 1.165) is 25.7 Å². The fraction of sp³-hybridized carbons (Fsp3) is 0.417. The summed E-state index contributed by atoms with van der Waals surface area (Å²) in [5.41, 5.74) is 1.35. The minimum Gasteiger partial charge on any atom is -0.496 e. The lowest BCUT2D eigenvalue weighted by Gasteiger charge is -2.22. The Balaban J connectivity index is 1.92. The lowest BCUT2D eigenvalue weighted by Crippen LogP contribution is -2.32. The predicted molar refractivity (Wildman–Crippen MR) is 125 cm³/mol. The van der Waals surface area contributed by atoms with Gasteiger partial charge >= 0.3 is 5.97 Å². The van der Waals surface area contributed by atoms with Crippen molar-refractivity contribution >= 4 is 27.6 Å². The first-order chi connectivity index (χ1) is 15.8. The Labute approximate surface area is 194 Å². The number of carbonyl (C=O) groups excluding carboxylic acids is 2. The number of aryl methyl sites for hydroxylation is 1. The Bertz CT molecular complexity index is 1120. The zero-order chi connectivity index (χ0) is 24.0. The molecule has 1 fully saturated rings. The van der Waals surface area contributed by atoms with Gasteiger partial charge in [0.25, 0.3) is 15.9 Å². The standard InChI is InChI=1S/C24H30N2O6S/c1-4-32-24(28)18-10-9-17(2)21(15-18)25-33(29,30)19-11-12-22(31-3)20(16-19)23(27)26-13-7-5-6-8-14-26/h9-12,15-16,25H,4-8,13-14H2,1-3H3. The minimum atomic E-state index is -4.04. The molecule has 1 amide bonds. The number of carbonyl (C=O) groups is 2. The van der Waals surface area contributed by atoms with Crippen LogP contribution in [0.15, 0.2) is 41.3 Å². The molecule has 1 N–H and O–H groups in total. The van der Waals surface area contributed by atoms with Gasteiger partial charge in [0.05, 0.1) is 35.4 Å². The number of rotatable bonds is 7. The maximum atomic E-state index is 13.2. The van der Waals surface area contributed by atoms with Crippen LogP contribution in [-0.4, -0.2) is 52.0 Å². The molecule has 0 aliphatic carbocycles. The second kappa shape index (κ2) is 10.7. The zero-order valence-corrected chi connectivity index (χ0v) is 20.0. The Morgan fingerprint density at radius 2 is 1.73 bits per heavy atom. The van der Waals surface area contributed by atoms with Crippen molar-refractivity contribution in [2.45, 2.75) is 44.4 Å². The van der Waals surface area contributed by atoms with E-state index in [2.05, 4.69) is 4.72 Å². The van der Waals surface area contributed by atoms with Gasteiger partial charge in [0, 0.05) is 13.1 Å². The van der Waals surface area contributed by atoms with E-state index in [1.165, 1.54) is 31.4 Å². The number of likely N-dealkylation sites (tertiary alicyclic amines) is 1. The summed E-state index contributed by atoms with van der Waals surface area (Å²) in [6.07, 6.45) is 3.99. The molecule has 0 saturated carbocycles. The SMILES string of the molecule is CCOC(=O)c1ccc(C)c(NS(=O)(=O)c2ccc(OC)c(C(=O)N3CCCCCC3)c2)c1. The summed E-state index contributed by atoms with van der Waals surface area (Å²) < 4.78 is 39.2. The van der Waals surface area contributed by atoms with Gasteiger partial charge in [-0.25, -0.2) is 13.2 Å². The maximum absolute atomic E-state index is 13.2. The van der Waals surface area contributed by atoms with Crippen molar-refractivity contribution in [2.75, 3.05) is 31.5 Å². The maximum Gasteiger partial charge on any atom is 0.338 e. The van der Waals surface area contributed by atoms with Crippen LogP contribution in [-0.2, 0) is 14.8 Å². The minimum absolute atomic E-state index is 0.0672. The second-order valence-corrected chi connectivity index (χ2v) is 9.61. The predicted octanol–water partition coefficient (Wildman–Crippen LogP) is 4.00. The highest BCUT2D eigenvalue weighted by molar-refractivity contribution is 7.92. The number of esters is 1. The fourth-order valence-electron chi connectivity index (χ4n) is 3.74. The molecule has 178 valence electrons. The number of sulfonamides is 1. The molecular formula is C24H30N2O6S. The van der Waals surface area contributed by atoms with Crippen LogP contribution in [0.25, 0.3) is 0 Å². The molecule has 0 radical (unpaired) electrons. The number of ether oxygens (including phenoxy) is 2. The largest absolute Gasteiger partial charge is 0.496 e. The molecule has 0 aromatic heterocycles. The summed E-state index contributed by atoms with van der Waals surface area (Å²) in [6, 6.07) is 8.89. The van der Waals surface area contributed by atoms with Gasteiger partial charge < -0.3 is 14.4 Å². The molecule has 1 saturated heterocycles. The van der Waals surface area contributed by atoms with Gasteiger partial charge in [0.1, 0.15) is 5.75 Å². The van der Waals surface area contributed by atoms with Crippen LogP contribution in [0.5, 0.6) is 5.75 Å². The van der Waals surface area contributed by atoms with Gasteiger partial charge in [-0.3, -0.25) is 9.52 Å². The molecule has 3 rings (SSSR count). The molecule has 0 unspecified atom stereocenters. The van der Waals surface area contributed by atoms with Crippen molar-refractivity contribution in [3.05, 3.63) is 53.1 Å². The number of nitrogens with one attached hydrogen (secondary N) is 1. The van der Waals surface area contributed by atoms with Gasteiger partial charge in [0.2, 0.25) is 0 Å². The van der Waals surface area contributed by atoms with E-state index in [0.29, 0.717) is 24.4 Å². The monoisotopic (exact) mass is 474 g/mol. The van der Waals surface area contributed by atoms with E-state index in [1.807, 2.05) is 0 Å². The first kappa shape index (κ1) is 24.6. The van der Waals surface area contributed by atoms with Crippen LogP contribution < -0.4 is 9.46 Å². The van der Waals surface area contributed by atoms with Crippen molar-refractivity contribution in [1.82, 2.24) is 4.90 Å². The molecule has 0 spiro atoms. The number of anilines is 1. The fourth-order valence-corrected chi connectivity index (χ4v) is 4.89. The molecule has 33 heavy (non-hydrogen) atoms. The van der Waals surface area contributed by atoms with Crippen molar-refractivity contribution in [3.8, 4) is 5.75 Å². The molecule has 0 atom stereocenters. The number of methoxy groups -OCH3 is 1. The van der Waals surface area contributed by atoms with Crippen molar-refractivity contribution < 1.29 is 27.5 Å². The average molecular weight is 475 g/mol. The van der Waals surface area contributed by atoms with E-state index >= 15 is 0 Å². The lowest BCUT2D eigenvalue weighted by atomic mass is 10.1. The summed E-state index contributed by atoms with van der Waals surface area (Å²) in [5.74, 6) is -0.456. The summed E-state index contributed by atoms with van der Waals surface area (Å²) in [4.78, 5) is 26.9. The highest BCUT2D eigenvalue weighted by Gasteiger charge is 2.24. The molecule has 1 heterocycles. The van der Waals surface area contributed by atoms with Gasteiger partial charge in [0.15, 0.2) is 0 Å². The molecule has 2 aromatic rings. The second-order valence-electron chi connectivity index (χ2n) is 7.92. The molecule has 9 heteroatoms. The van der Waals surface area contributed by atoms with Gasteiger partial charge in [-0.1, -0.05) is 18.9 Å². The van der Waals surface area contributed by atoms with Crippen LogP contribution in [0.3, 0.4) is 0 Å². The Hall–Kier alpha value is -3.07. The summed E-state index contributed by atoms with van der Waals surface area (Å²) in [6.45, 7) is 4.92. The van der Waals surface area contributed by atoms with Crippen LogP contribution in [0, 0.1) is 6.92 Å². The number of amides is 1. The average Bonchev–Trinajstić information content (AvgIpc) is 3.09. The van der Waals surface area contributed by atoms with E-state index in [4.69, 9.17) is 9.47 Å². The quantitative estimate of drug-likeness (QED) is 0.609. The summed E-state index contributed by atoms with van der Waals surface area (Å²) in [7, 11) is -2.59. The highest BCUT2D eigenvalue weighted by Crippen LogP contribution is 2.27. The third kappa shape index (κ3) is 5.84. The lowest BCUT2D eigenvalue weighted by molar-refractivity contribution is 0.0526. The number of hydrogen-bond donors (Lipinski definition) is 1. The third-order valence-electron chi connectivity index (χ3n) is 5.60. The molecular weight excluding hydrogens is 444 g/mol. The highest BCUT2D eigenvalue weighted by atomic mass is 32.2. The van der Waals surface area contributed by atoms with E-state index in [9.17, 15) is 18.0 Å². The van der Waals surface area contributed by atoms with E-state index in [1.54, 1.807) is 30.9 Å². The van der Waals surface area contributed by atoms with Crippen LogP contribution in [0.4, 0.5) is 5.69 Å². The molecule has 8 nitrogen and oxygen atoms in total. The Kier molecular flexibility index (Phi) is 7.97. The number of benzene rings is 2. The van der Waals surface area contributed by atoms with E-state index in [-0.39, 0.29) is 34.2 Å². The molecule has 1 aliphatic rings. The number of hydrogen-bond acceptors (Lipinski definition) is 6. The Morgan fingerprint density at radius 1 is 1.03 bits per heavy atom. The zero-order valence-electron chi connectivity index (χ0n) is 19.2. The first-order valence-electron chi connectivity index (χ1n) is 11.0. The van der Waals surface area contributed by atoms with Crippen LogP contribution in [0.1, 0.15) is 58.9 Å². The molecule has 0 bridgehead atoms. The van der Waals surface area contributed by atoms with Crippen LogP contribution in [0.2, 0.25) is 0 Å². The smallest absolute Gasteiger partial charge is 0.338 e. The molecule has 1 aliphatic heterocycles. The van der Waals surface area contributed by atoms with Gasteiger partial charge in [-0.05, 0) is 62.6 Å². The van der Waals surface area contributed by atoms with E-state index < -0.39 is 16.0 Å². The van der Waals surface area contributed by atoms with Crippen molar-refractivity contribution in [3.63, 3.8) is 0 Å². The molecule has 2 aromatic carbocycles. The topological polar surface area (TPSA) is 102 Å². The summed E-state index contributed by atoms with van der Waals surface area (Å²) in [5, 5.41) is 0. The first-order valence-corrected chi connectivity index (χ1v) is 12.5. The van der Waals surface area contributed by atoms with Crippen molar-refractivity contribution in [2.24, 2.45) is 0 Å². The van der Waals surface area contributed by atoms with Crippen LogP contribution >= 0.6 is 0 Å². The van der Waals surface area contributed by atoms with Crippen molar-refractivity contribution in [1.29, 1.82) is 0 Å². The Morgan fingerprint density at radius 3 is 2.36 bits per heavy atom. The number of nitrogens with zero attached hydrogens (tertiary/aromatic N) is 1. The third-order valence-corrected chi connectivity index (χ3v) is 6.96. The summed E-state index contributed by atoms with van der Waals surface area (Å²) >= 11 is 0. The van der Waals surface area contributed by atoms with Gasteiger partial charge in [-0.2, -0.15) is 0 Å².